The van der Waals surface area contributed by atoms with Crippen molar-refractivity contribution in [2.75, 3.05) is 26.0 Å². The Morgan fingerprint density at radius 2 is 2.00 bits per heavy atom. The van der Waals surface area contributed by atoms with E-state index in [1.807, 2.05) is 24.3 Å². The minimum atomic E-state index is 0.0962. The number of anilines is 1. The molecule has 0 aliphatic heterocycles. The first-order chi connectivity index (χ1) is 7.99. The average Bonchev–Trinajstić information content (AvgIpc) is 2.69. The molecule has 0 fully saturated rings. The molecule has 0 bridgehead atoms. The van der Waals surface area contributed by atoms with Gasteiger partial charge in [0.2, 0.25) is 5.95 Å². The molecule has 0 amide bonds. The Hall–Kier alpha value is -1.55. The third-order valence-electron chi connectivity index (χ3n) is 3.29. The Morgan fingerprint density at radius 3 is 2.65 bits per heavy atom. The van der Waals surface area contributed by atoms with Gasteiger partial charge in [-0.3, -0.25) is 0 Å². The molecule has 0 radical (unpaired) electrons. The van der Waals surface area contributed by atoms with Gasteiger partial charge in [0, 0.05) is 12.1 Å². The van der Waals surface area contributed by atoms with Gasteiger partial charge in [-0.2, -0.15) is 0 Å². The smallest absolute Gasteiger partial charge is 0.201 e. The zero-order chi connectivity index (χ0) is 12.5. The number of hydrogen-bond donors (Lipinski definition) is 2. The number of nitrogens with zero attached hydrogens (tertiary/aromatic N) is 2. The third kappa shape index (κ3) is 2.58. The lowest BCUT2D eigenvalue weighted by Crippen LogP contribution is -2.44. The van der Waals surface area contributed by atoms with E-state index in [0.717, 1.165) is 23.5 Å². The van der Waals surface area contributed by atoms with Crippen LogP contribution in [0.15, 0.2) is 24.3 Å². The number of hydrogen-bond acceptors (Lipinski definition) is 3. The first-order valence-corrected chi connectivity index (χ1v) is 5.85. The summed E-state index contributed by atoms with van der Waals surface area (Å²) in [5.41, 5.74) is 2.16. The maximum atomic E-state index is 4.49. The molecule has 92 valence electrons. The minimum absolute atomic E-state index is 0.0962. The first kappa shape index (κ1) is 11.9. The van der Waals surface area contributed by atoms with Crippen molar-refractivity contribution < 1.29 is 0 Å². The number of rotatable bonds is 4. The van der Waals surface area contributed by atoms with E-state index >= 15 is 0 Å². The van der Waals surface area contributed by atoms with Crippen molar-refractivity contribution in [3.05, 3.63) is 24.3 Å². The lowest BCUT2D eigenvalue weighted by molar-refractivity contribution is 0.210. The van der Waals surface area contributed by atoms with Crippen LogP contribution in [0, 0.1) is 0 Å². The summed E-state index contributed by atoms with van der Waals surface area (Å²) in [6, 6.07) is 8.05. The van der Waals surface area contributed by atoms with E-state index < -0.39 is 0 Å². The van der Waals surface area contributed by atoms with Gasteiger partial charge in [0.15, 0.2) is 0 Å². The first-order valence-electron chi connectivity index (χ1n) is 5.85. The maximum Gasteiger partial charge on any atom is 0.201 e. The van der Waals surface area contributed by atoms with Gasteiger partial charge in [0.05, 0.1) is 11.0 Å². The van der Waals surface area contributed by atoms with Crippen LogP contribution in [-0.2, 0) is 0 Å². The van der Waals surface area contributed by atoms with Crippen LogP contribution in [0.3, 0.4) is 0 Å². The fourth-order valence-electron chi connectivity index (χ4n) is 1.49. The molecule has 17 heavy (non-hydrogen) atoms. The van der Waals surface area contributed by atoms with E-state index in [2.05, 4.69) is 48.1 Å². The molecule has 2 N–H and O–H groups in total. The number of para-hydroxylation sites is 2. The zero-order valence-corrected chi connectivity index (χ0v) is 10.9. The fourth-order valence-corrected chi connectivity index (χ4v) is 1.49. The second-order valence-electron chi connectivity index (χ2n) is 5.16. The van der Waals surface area contributed by atoms with Gasteiger partial charge in [-0.25, -0.2) is 4.98 Å². The van der Waals surface area contributed by atoms with Crippen molar-refractivity contribution in [3.8, 4) is 0 Å². The molecule has 0 saturated heterocycles. The van der Waals surface area contributed by atoms with Gasteiger partial charge in [-0.05, 0) is 40.1 Å². The molecule has 4 heteroatoms. The second-order valence-corrected chi connectivity index (χ2v) is 5.16. The van der Waals surface area contributed by atoms with Gasteiger partial charge in [-0.15, -0.1) is 0 Å². The molecular weight excluding hydrogens is 212 g/mol. The summed E-state index contributed by atoms with van der Waals surface area (Å²) in [7, 11) is 4.17. The Bertz CT molecular complexity index is 466. The number of H-pyrrole nitrogens is 1. The SMILES string of the molecule is CN(C)C(C)(C)CNc1nc2ccccc2[nH]1. The lowest BCUT2D eigenvalue weighted by Gasteiger charge is -2.32. The summed E-state index contributed by atoms with van der Waals surface area (Å²) in [5, 5.41) is 3.35. The Labute approximate surface area is 102 Å². The van der Waals surface area contributed by atoms with Crippen LogP contribution >= 0.6 is 0 Å². The molecule has 0 aliphatic carbocycles. The molecule has 2 rings (SSSR count). The highest BCUT2D eigenvalue weighted by Gasteiger charge is 2.20. The van der Waals surface area contributed by atoms with Crippen LogP contribution in [0.2, 0.25) is 0 Å². The van der Waals surface area contributed by atoms with Gasteiger partial charge < -0.3 is 15.2 Å². The lowest BCUT2D eigenvalue weighted by atomic mass is 10.1. The molecule has 0 saturated carbocycles. The quantitative estimate of drug-likeness (QED) is 0.850. The predicted octanol–water partition coefficient (Wildman–Crippen LogP) is 2.31. The van der Waals surface area contributed by atoms with E-state index in [9.17, 15) is 0 Å². The molecule has 0 spiro atoms. The van der Waals surface area contributed by atoms with Crippen molar-refractivity contribution in [1.82, 2.24) is 14.9 Å². The van der Waals surface area contributed by atoms with Gasteiger partial charge >= 0.3 is 0 Å². The van der Waals surface area contributed by atoms with Crippen LogP contribution in [0.1, 0.15) is 13.8 Å². The van der Waals surface area contributed by atoms with Crippen LogP contribution < -0.4 is 5.32 Å². The van der Waals surface area contributed by atoms with E-state index in [0.29, 0.717) is 0 Å². The fraction of sp³-hybridized carbons (Fsp3) is 0.462. The van der Waals surface area contributed by atoms with Crippen molar-refractivity contribution in [3.63, 3.8) is 0 Å². The highest BCUT2D eigenvalue weighted by molar-refractivity contribution is 5.77. The highest BCUT2D eigenvalue weighted by Crippen LogP contribution is 2.15. The monoisotopic (exact) mass is 232 g/mol. The topological polar surface area (TPSA) is 44.0 Å². The van der Waals surface area contributed by atoms with E-state index in [1.54, 1.807) is 0 Å². The molecule has 4 nitrogen and oxygen atoms in total. The summed E-state index contributed by atoms with van der Waals surface area (Å²) in [6.07, 6.45) is 0. The van der Waals surface area contributed by atoms with Crippen LogP contribution in [0.25, 0.3) is 11.0 Å². The maximum absolute atomic E-state index is 4.49. The van der Waals surface area contributed by atoms with Crippen molar-refractivity contribution in [2.45, 2.75) is 19.4 Å². The molecule has 0 atom stereocenters. The van der Waals surface area contributed by atoms with Crippen LogP contribution in [0.4, 0.5) is 5.95 Å². The highest BCUT2D eigenvalue weighted by atomic mass is 15.2. The largest absolute Gasteiger partial charge is 0.354 e. The number of likely N-dealkylation sites (N-methyl/N-ethyl adjacent to an activating group) is 1. The zero-order valence-electron chi connectivity index (χ0n) is 10.9. The van der Waals surface area contributed by atoms with Crippen LogP contribution in [-0.4, -0.2) is 41.0 Å². The Kier molecular flexibility index (Phi) is 3.07. The Morgan fingerprint density at radius 1 is 1.29 bits per heavy atom. The van der Waals surface area contributed by atoms with Gasteiger partial charge in [0.25, 0.3) is 0 Å². The normalized spacial score (nSPS) is 12.3. The van der Waals surface area contributed by atoms with Crippen molar-refractivity contribution >= 4 is 17.0 Å². The summed E-state index contributed by atoms with van der Waals surface area (Å²) < 4.78 is 0. The van der Waals surface area contributed by atoms with Crippen LogP contribution in [0.5, 0.6) is 0 Å². The predicted molar refractivity (Wildman–Crippen MR) is 72.3 cm³/mol. The summed E-state index contributed by atoms with van der Waals surface area (Å²) in [4.78, 5) is 9.95. The van der Waals surface area contributed by atoms with E-state index in [1.165, 1.54) is 0 Å². The number of aromatic nitrogens is 2. The number of imidazole rings is 1. The minimum Gasteiger partial charge on any atom is -0.354 e. The van der Waals surface area contributed by atoms with Gasteiger partial charge in [-0.1, -0.05) is 12.1 Å². The molecule has 1 heterocycles. The third-order valence-corrected chi connectivity index (χ3v) is 3.29. The van der Waals surface area contributed by atoms with E-state index in [-0.39, 0.29) is 5.54 Å². The average molecular weight is 232 g/mol. The molecule has 2 aromatic rings. The molecule has 0 aliphatic rings. The second kappa shape index (κ2) is 4.37. The molecule has 0 unspecified atom stereocenters. The van der Waals surface area contributed by atoms with Crippen molar-refractivity contribution in [1.29, 1.82) is 0 Å². The molecule has 1 aromatic carbocycles. The van der Waals surface area contributed by atoms with Gasteiger partial charge in [0.1, 0.15) is 0 Å². The number of aromatic amines is 1. The van der Waals surface area contributed by atoms with Crippen molar-refractivity contribution in [2.24, 2.45) is 0 Å². The summed E-state index contributed by atoms with van der Waals surface area (Å²) in [6.45, 7) is 5.24. The summed E-state index contributed by atoms with van der Waals surface area (Å²) in [5.74, 6) is 0.834. The Balaban J connectivity index is 2.09. The molecular formula is C13H20N4. The number of fused-ring (bicyclic) bond motifs is 1. The number of nitrogens with one attached hydrogen (secondary N) is 2. The van der Waals surface area contributed by atoms with E-state index in [4.69, 9.17) is 0 Å². The molecule has 1 aromatic heterocycles. The number of benzene rings is 1. The standard InChI is InChI=1S/C13H20N4/c1-13(2,17(3)4)9-14-12-15-10-7-5-6-8-11(10)16-12/h5-8H,9H2,1-4H3,(H2,14,15,16). The summed E-state index contributed by atoms with van der Waals surface area (Å²) >= 11 is 0.